The second-order valence-corrected chi connectivity index (χ2v) is 7.58. The van der Waals surface area contributed by atoms with Crippen molar-refractivity contribution in [3.8, 4) is 22.7 Å². The number of methoxy groups -OCH3 is 1. The minimum absolute atomic E-state index is 0.0370. The summed E-state index contributed by atoms with van der Waals surface area (Å²) in [7, 11) is 1.60. The fourth-order valence-corrected chi connectivity index (χ4v) is 3.70. The maximum absolute atomic E-state index is 12.6. The van der Waals surface area contributed by atoms with Gasteiger partial charge < -0.3 is 25.8 Å². The Labute approximate surface area is 185 Å². The number of benzene rings is 2. The number of carbonyl (C=O) groups excluding carboxylic acids is 1. The molecule has 2 aromatic carbocycles. The van der Waals surface area contributed by atoms with Gasteiger partial charge in [-0.15, -0.1) is 0 Å². The van der Waals surface area contributed by atoms with Gasteiger partial charge >= 0.3 is 6.03 Å². The van der Waals surface area contributed by atoms with Crippen molar-refractivity contribution in [3.63, 3.8) is 0 Å². The van der Waals surface area contributed by atoms with E-state index < -0.39 is 0 Å². The van der Waals surface area contributed by atoms with Gasteiger partial charge in [0.1, 0.15) is 17.1 Å². The number of aromatic nitrogens is 2. The van der Waals surface area contributed by atoms with Gasteiger partial charge in [-0.3, -0.25) is 0 Å². The number of nitrogens with one attached hydrogen (secondary N) is 2. The third kappa shape index (κ3) is 4.60. The molecule has 3 aromatic rings. The lowest BCUT2D eigenvalue weighted by Gasteiger charge is -2.12. The summed E-state index contributed by atoms with van der Waals surface area (Å²) < 4.78 is 12.3. The molecule has 0 aliphatic carbocycles. The lowest BCUT2D eigenvalue weighted by Crippen LogP contribution is -2.35. The third-order valence-electron chi connectivity index (χ3n) is 5.12. The summed E-state index contributed by atoms with van der Waals surface area (Å²) in [5.74, 6) is 0.984. The molecule has 0 unspecified atom stereocenters. The quantitative estimate of drug-likeness (QED) is 0.534. The summed E-state index contributed by atoms with van der Waals surface area (Å²) in [6, 6.07) is 14.2. The van der Waals surface area contributed by atoms with Crippen molar-refractivity contribution in [2.75, 3.05) is 31.3 Å². The van der Waals surface area contributed by atoms with Gasteiger partial charge in [-0.1, -0.05) is 23.7 Å². The van der Waals surface area contributed by atoms with E-state index >= 15 is 0 Å². The van der Waals surface area contributed by atoms with E-state index in [1.54, 1.807) is 13.2 Å². The molecule has 31 heavy (non-hydrogen) atoms. The third-order valence-corrected chi connectivity index (χ3v) is 5.44. The molecule has 1 aromatic heterocycles. The predicted molar refractivity (Wildman–Crippen MR) is 121 cm³/mol. The van der Waals surface area contributed by atoms with Crippen molar-refractivity contribution >= 4 is 29.1 Å². The SMILES string of the molecule is COc1ccc(-c2nn(-c3ccccc3Cl)c(N)c2NC(=O)NC[C@H]2CCCO2)cc1. The minimum Gasteiger partial charge on any atom is -0.497 e. The second-order valence-electron chi connectivity index (χ2n) is 7.17. The molecular formula is C22H24ClN5O3. The van der Waals surface area contributed by atoms with Gasteiger partial charge in [-0.25, -0.2) is 9.48 Å². The molecule has 162 valence electrons. The standard InChI is InChI=1S/C22H24ClN5O3/c1-30-15-10-8-14(9-11-15)19-20(26-22(29)25-13-16-5-4-12-31-16)21(24)28(27-19)18-7-3-2-6-17(18)23/h2-3,6-11,16H,4-5,12-13,24H2,1H3,(H2,25,26,29)/t16-/m1/s1. The second kappa shape index (κ2) is 9.28. The Morgan fingerprint density at radius 1 is 1.29 bits per heavy atom. The first-order valence-electron chi connectivity index (χ1n) is 10.0. The van der Waals surface area contributed by atoms with Crippen LogP contribution in [0.2, 0.25) is 5.02 Å². The molecule has 4 N–H and O–H groups in total. The Hall–Kier alpha value is -3.23. The summed E-state index contributed by atoms with van der Waals surface area (Å²) in [4.78, 5) is 12.6. The molecule has 4 rings (SSSR count). The zero-order valence-corrected chi connectivity index (χ0v) is 17.9. The number of urea groups is 1. The van der Waals surface area contributed by atoms with Crippen LogP contribution in [0.15, 0.2) is 48.5 Å². The van der Waals surface area contributed by atoms with Crippen LogP contribution in [-0.2, 0) is 4.74 Å². The number of anilines is 2. The predicted octanol–water partition coefficient (Wildman–Crippen LogP) is 4.08. The van der Waals surface area contributed by atoms with Gasteiger partial charge in [0.05, 0.1) is 23.9 Å². The van der Waals surface area contributed by atoms with Gasteiger partial charge in [0.2, 0.25) is 0 Å². The van der Waals surface area contributed by atoms with Crippen LogP contribution >= 0.6 is 11.6 Å². The fraction of sp³-hybridized carbons (Fsp3) is 0.273. The number of hydrogen-bond acceptors (Lipinski definition) is 5. The van der Waals surface area contributed by atoms with Crippen molar-refractivity contribution in [1.82, 2.24) is 15.1 Å². The maximum atomic E-state index is 12.6. The van der Waals surface area contributed by atoms with Crippen LogP contribution in [0.25, 0.3) is 16.9 Å². The topological polar surface area (TPSA) is 103 Å². The Morgan fingerprint density at radius 3 is 2.74 bits per heavy atom. The Bertz CT molecular complexity index is 1060. The number of ether oxygens (including phenoxy) is 2. The molecule has 0 bridgehead atoms. The van der Waals surface area contributed by atoms with E-state index in [1.807, 2.05) is 42.5 Å². The molecule has 1 atom stereocenters. The molecule has 2 heterocycles. The van der Waals surface area contributed by atoms with Gasteiger partial charge in [0, 0.05) is 18.7 Å². The highest BCUT2D eigenvalue weighted by Crippen LogP contribution is 2.36. The summed E-state index contributed by atoms with van der Waals surface area (Å²) in [6.45, 7) is 1.16. The average Bonchev–Trinajstić information content (AvgIpc) is 3.42. The van der Waals surface area contributed by atoms with Crippen LogP contribution < -0.4 is 21.1 Å². The number of halogens is 1. The van der Waals surface area contributed by atoms with Crippen molar-refractivity contribution < 1.29 is 14.3 Å². The number of amides is 2. The Kier molecular flexibility index (Phi) is 6.29. The summed E-state index contributed by atoms with van der Waals surface area (Å²) in [6.07, 6.45) is 1.98. The lowest BCUT2D eigenvalue weighted by atomic mass is 10.1. The molecule has 0 saturated carbocycles. The minimum atomic E-state index is -0.379. The monoisotopic (exact) mass is 441 g/mol. The molecule has 9 heteroatoms. The highest BCUT2D eigenvalue weighted by atomic mass is 35.5. The van der Waals surface area contributed by atoms with Crippen molar-refractivity contribution in [1.29, 1.82) is 0 Å². The van der Waals surface area contributed by atoms with E-state index in [2.05, 4.69) is 15.7 Å². The zero-order chi connectivity index (χ0) is 21.8. The summed E-state index contributed by atoms with van der Waals surface area (Å²) in [5, 5.41) is 10.8. The van der Waals surface area contributed by atoms with E-state index in [9.17, 15) is 4.79 Å². The number of nitrogen functional groups attached to an aromatic ring is 1. The molecule has 1 fully saturated rings. The van der Waals surface area contributed by atoms with Crippen LogP contribution in [-0.4, -0.2) is 42.2 Å². The van der Waals surface area contributed by atoms with E-state index in [-0.39, 0.29) is 18.0 Å². The number of para-hydroxylation sites is 1. The first-order valence-corrected chi connectivity index (χ1v) is 10.4. The number of carbonyl (C=O) groups is 1. The van der Waals surface area contributed by atoms with Gasteiger partial charge in [-0.2, -0.15) is 5.10 Å². The largest absolute Gasteiger partial charge is 0.497 e. The molecule has 2 amide bonds. The van der Waals surface area contributed by atoms with Crippen LogP contribution in [0.1, 0.15) is 12.8 Å². The van der Waals surface area contributed by atoms with E-state index in [1.165, 1.54) is 4.68 Å². The van der Waals surface area contributed by atoms with Gasteiger partial charge in [-0.05, 0) is 49.2 Å². The van der Waals surface area contributed by atoms with Crippen LogP contribution in [0, 0.1) is 0 Å². The number of nitrogens with two attached hydrogens (primary N) is 1. The van der Waals surface area contributed by atoms with Crippen LogP contribution in [0.5, 0.6) is 5.75 Å². The smallest absolute Gasteiger partial charge is 0.319 e. The first-order chi connectivity index (χ1) is 15.1. The van der Waals surface area contributed by atoms with Gasteiger partial charge in [0.25, 0.3) is 0 Å². The van der Waals surface area contributed by atoms with Crippen LogP contribution in [0.4, 0.5) is 16.3 Å². The van der Waals surface area contributed by atoms with E-state index in [0.29, 0.717) is 34.4 Å². The zero-order valence-electron chi connectivity index (χ0n) is 17.1. The molecule has 1 aliphatic rings. The van der Waals surface area contributed by atoms with Crippen LogP contribution in [0.3, 0.4) is 0 Å². The van der Waals surface area contributed by atoms with Crippen molar-refractivity contribution in [3.05, 3.63) is 53.6 Å². The number of hydrogen-bond donors (Lipinski definition) is 3. The van der Waals surface area contributed by atoms with Crippen molar-refractivity contribution in [2.45, 2.75) is 18.9 Å². The molecular weight excluding hydrogens is 418 g/mol. The Balaban J connectivity index is 1.67. The molecule has 1 aliphatic heterocycles. The van der Waals surface area contributed by atoms with E-state index in [4.69, 9.17) is 26.8 Å². The van der Waals surface area contributed by atoms with E-state index in [0.717, 1.165) is 25.0 Å². The highest BCUT2D eigenvalue weighted by molar-refractivity contribution is 6.32. The normalized spacial score (nSPS) is 15.6. The number of rotatable bonds is 6. The molecule has 0 spiro atoms. The molecule has 8 nitrogen and oxygen atoms in total. The lowest BCUT2D eigenvalue weighted by molar-refractivity contribution is 0.112. The first kappa shape index (κ1) is 21.0. The molecule has 1 saturated heterocycles. The summed E-state index contributed by atoms with van der Waals surface area (Å²) in [5.41, 5.74) is 8.72. The Morgan fingerprint density at radius 2 is 2.06 bits per heavy atom. The highest BCUT2D eigenvalue weighted by Gasteiger charge is 2.22. The summed E-state index contributed by atoms with van der Waals surface area (Å²) >= 11 is 6.36. The number of nitrogens with zero attached hydrogens (tertiary/aromatic N) is 2. The van der Waals surface area contributed by atoms with Crippen molar-refractivity contribution in [2.24, 2.45) is 0 Å². The van der Waals surface area contributed by atoms with Gasteiger partial charge in [0.15, 0.2) is 5.82 Å². The molecule has 0 radical (unpaired) electrons. The maximum Gasteiger partial charge on any atom is 0.319 e. The fourth-order valence-electron chi connectivity index (χ4n) is 3.48. The average molecular weight is 442 g/mol.